The Hall–Kier alpha value is -0.990. The number of carbonyl (C=O) groups is 1. The summed E-state index contributed by atoms with van der Waals surface area (Å²) in [4.78, 5) is 9.97. The van der Waals surface area contributed by atoms with Crippen LogP contribution in [0.5, 0.6) is 0 Å². The van der Waals surface area contributed by atoms with Gasteiger partial charge in [-0.15, -0.1) is 6.58 Å². The van der Waals surface area contributed by atoms with Crippen molar-refractivity contribution in [2.75, 3.05) is 0 Å². The first-order chi connectivity index (χ1) is 4.24. The average Bonchev–Trinajstić information content (AvgIpc) is 2.45. The minimum atomic E-state index is -0.940. The van der Waals surface area contributed by atoms with Gasteiger partial charge in [0, 0.05) is 6.04 Å². The summed E-state index contributed by atoms with van der Waals surface area (Å²) in [6.07, 6.45) is 1.75. The van der Waals surface area contributed by atoms with Crippen molar-refractivity contribution < 1.29 is 9.90 Å². The monoisotopic (exact) mass is 127 g/mol. The summed E-state index contributed by atoms with van der Waals surface area (Å²) >= 11 is 0. The second-order valence-electron chi connectivity index (χ2n) is 2.19. The van der Waals surface area contributed by atoms with Gasteiger partial charge in [-0.05, 0) is 12.3 Å². The van der Waals surface area contributed by atoms with E-state index >= 15 is 0 Å². The summed E-state index contributed by atoms with van der Waals surface area (Å²) < 4.78 is 0. The molecule has 1 saturated carbocycles. The molecule has 0 aromatic carbocycles. The first-order valence-corrected chi connectivity index (χ1v) is 2.86. The normalized spacial score (nSPS) is 31.1. The van der Waals surface area contributed by atoms with Gasteiger partial charge in [0.25, 0.3) is 0 Å². The molecule has 2 N–H and O–H groups in total. The number of rotatable bonds is 2. The standard InChI is InChI=1S/C6H9NO2/c1-2-4-3-5(4)7-6(8)9/h2,4-5,7H,1,3H2,(H,8,9). The van der Waals surface area contributed by atoms with Crippen LogP contribution in [0.1, 0.15) is 6.42 Å². The molecule has 1 aliphatic rings. The lowest BCUT2D eigenvalue weighted by atomic mass is 10.4. The van der Waals surface area contributed by atoms with Crippen molar-refractivity contribution in [3.8, 4) is 0 Å². The quantitative estimate of drug-likeness (QED) is 0.540. The third-order valence-electron chi connectivity index (χ3n) is 1.45. The van der Waals surface area contributed by atoms with E-state index in [1.807, 2.05) is 0 Å². The average molecular weight is 127 g/mol. The van der Waals surface area contributed by atoms with E-state index in [1.165, 1.54) is 0 Å². The Labute approximate surface area is 53.4 Å². The second-order valence-corrected chi connectivity index (χ2v) is 2.19. The minimum absolute atomic E-state index is 0.139. The van der Waals surface area contributed by atoms with Crippen LogP contribution in [0, 0.1) is 5.92 Å². The minimum Gasteiger partial charge on any atom is -0.465 e. The highest BCUT2D eigenvalue weighted by Crippen LogP contribution is 2.30. The van der Waals surface area contributed by atoms with Crippen LogP contribution in [0.3, 0.4) is 0 Å². The van der Waals surface area contributed by atoms with Gasteiger partial charge >= 0.3 is 6.09 Å². The highest BCUT2D eigenvalue weighted by Gasteiger charge is 2.35. The van der Waals surface area contributed by atoms with Gasteiger partial charge in [0.05, 0.1) is 0 Å². The molecule has 1 amide bonds. The third-order valence-corrected chi connectivity index (χ3v) is 1.45. The molecule has 0 aromatic heterocycles. The fourth-order valence-electron chi connectivity index (χ4n) is 0.800. The molecule has 3 heteroatoms. The fraction of sp³-hybridized carbons (Fsp3) is 0.500. The zero-order chi connectivity index (χ0) is 6.85. The first-order valence-electron chi connectivity index (χ1n) is 2.86. The van der Waals surface area contributed by atoms with Crippen molar-refractivity contribution in [2.45, 2.75) is 12.5 Å². The van der Waals surface area contributed by atoms with Gasteiger partial charge in [-0.2, -0.15) is 0 Å². The number of hydrogen-bond acceptors (Lipinski definition) is 1. The van der Waals surface area contributed by atoms with Gasteiger partial charge in [0.15, 0.2) is 0 Å². The van der Waals surface area contributed by atoms with Crippen LogP contribution in [0.25, 0.3) is 0 Å². The smallest absolute Gasteiger partial charge is 0.404 e. The highest BCUT2D eigenvalue weighted by molar-refractivity contribution is 5.65. The van der Waals surface area contributed by atoms with Gasteiger partial charge in [0.2, 0.25) is 0 Å². The summed E-state index contributed by atoms with van der Waals surface area (Å²) in [6, 6.07) is 0.139. The van der Waals surface area contributed by atoms with Crippen molar-refractivity contribution >= 4 is 6.09 Å². The molecule has 50 valence electrons. The molecule has 1 rings (SSSR count). The SMILES string of the molecule is C=CC1CC1NC(=O)O. The van der Waals surface area contributed by atoms with E-state index in [9.17, 15) is 4.79 Å². The topological polar surface area (TPSA) is 49.3 Å². The zero-order valence-corrected chi connectivity index (χ0v) is 5.00. The molecule has 2 atom stereocenters. The first kappa shape index (κ1) is 6.13. The van der Waals surface area contributed by atoms with E-state index in [4.69, 9.17) is 5.11 Å². The maximum atomic E-state index is 9.97. The Kier molecular flexibility index (Phi) is 1.42. The largest absolute Gasteiger partial charge is 0.465 e. The number of nitrogens with one attached hydrogen (secondary N) is 1. The molecular weight excluding hydrogens is 118 g/mol. The molecule has 0 heterocycles. The number of hydrogen-bond donors (Lipinski definition) is 2. The molecule has 0 saturated heterocycles. The molecule has 1 aliphatic carbocycles. The van der Waals surface area contributed by atoms with Crippen molar-refractivity contribution in [1.29, 1.82) is 0 Å². The van der Waals surface area contributed by atoms with Crippen molar-refractivity contribution in [3.63, 3.8) is 0 Å². The lowest BCUT2D eigenvalue weighted by Crippen LogP contribution is -2.24. The van der Waals surface area contributed by atoms with E-state index in [1.54, 1.807) is 6.08 Å². The summed E-state index contributed by atoms with van der Waals surface area (Å²) in [7, 11) is 0. The summed E-state index contributed by atoms with van der Waals surface area (Å²) in [5.41, 5.74) is 0. The van der Waals surface area contributed by atoms with Crippen molar-refractivity contribution in [2.24, 2.45) is 5.92 Å². The van der Waals surface area contributed by atoms with E-state index in [0.717, 1.165) is 6.42 Å². The van der Waals surface area contributed by atoms with Crippen LogP contribution in [-0.2, 0) is 0 Å². The highest BCUT2D eigenvalue weighted by atomic mass is 16.4. The summed E-state index contributed by atoms with van der Waals surface area (Å²) in [5, 5.41) is 10.6. The van der Waals surface area contributed by atoms with E-state index in [2.05, 4.69) is 11.9 Å². The number of amides is 1. The van der Waals surface area contributed by atoms with Crippen LogP contribution in [0.15, 0.2) is 12.7 Å². The van der Waals surface area contributed by atoms with Crippen LogP contribution in [0.2, 0.25) is 0 Å². The molecule has 0 radical (unpaired) electrons. The van der Waals surface area contributed by atoms with Crippen LogP contribution in [0.4, 0.5) is 4.79 Å². The molecular formula is C6H9NO2. The summed E-state index contributed by atoms with van der Waals surface area (Å²) in [6.45, 7) is 3.55. The molecule has 2 unspecified atom stereocenters. The third kappa shape index (κ3) is 1.45. The predicted octanol–water partition coefficient (Wildman–Crippen LogP) is 0.829. The molecule has 9 heavy (non-hydrogen) atoms. The maximum Gasteiger partial charge on any atom is 0.404 e. The van der Waals surface area contributed by atoms with Gasteiger partial charge in [-0.3, -0.25) is 0 Å². The van der Waals surface area contributed by atoms with Crippen molar-refractivity contribution in [1.82, 2.24) is 5.32 Å². The van der Waals surface area contributed by atoms with Gasteiger partial charge in [-0.25, -0.2) is 4.79 Å². The van der Waals surface area contributed by atoms with Crippen LogP contribution in [-0.4, -0.2) is 17.2 Å². The molecule has 0 aliphatic heterocycles. The molecule has 0 spiro atoms. The van der Waals surface area contributed by atoms with Crippen LogP contribution < -0.4 is 5.32 Å². The van der Waals surface area contributed by atoms with E-state index in [-0.39, 0.29) is 6.04 Å². The Bertz CT molecular complexity index is 144. The van der Waals surface area contributed by atoms with Crippen LogP contribution >= 0.6 is 0 Å². The van der Waals surface area contributed by atoms with Gasteiger partial charge < -0.3 is 10.4 Å². The zero-order valence-electron chi connectivity index (χ0n) is 5.00. The summed E-state index contributed by atoms with van der Waals surface area (Å²) in [5.74, 6) is 0.376. The lowest BCUT2D eigenvalue weighted by molar-refractivity contribution is 0.193. The molecule has 0 bridgehead atoms. The predicted molar refractivity (Wildman–Crippen MR) is 33.3 cm³/mol. The van der Waals surface area contributed by atoms with Gasteiger partial charge in [-0.1, -0.05) is 6.08 Å². The van der Waals surface area contributed by atoms with E-state index in [0.29, 0.717) is 5.92 Å². The Morgan fingerprint density at radius 2 is 2.56 bits per heavy atom. The second kappa shape index (κ2) is 2.09. The van der Waals surface area contributed by atoms with E-state index < -0.39 is 6.09 Å². The van der Waals surface area contributed by atoms with Gasteiger partial charge in [0.1, 0.15) is 0 Å². The Morgan fingerprint density at radius 1 is 1.89 bits per heavy atom. The van der Waals surface area contributed by atoms with Crippen molar-refractivity contribution in [3.05, 3.63) is 12.7 Å². The number of carboxylic acid groups (broad SMARTS) is 1. The fourth-order valence-corrected chi connectivity index (χ4v) is 0.800. The lowest BCUT2D eigenvalue weighted by Gasteiger charge is -1.93. The maximum absolute atomic E-state index is 9.97. The molecule has 0 aromatic rings. The Morgan fingerprint density at radius 3 is 2.89 bits per heavy atom. The molecule has 3 nitrogen and oxygen atoms in total. The molecule has 1 fully saturated rings. The Balaban J connectivity index is 2.19.